The van der Waals surface area contributed by atoms with Crippen LogP contribution >= 0.6 is 12.4 Å². The van der Waals surface area contributed by atoms with Crippen LogP contribution in [0.2, 0.25) is 0 Å². The first kappa shape index (κ1) is 21.5. The zero-order valence-electron chi connectivity index (χ0n) is 14.3. The molecule has 0 heterocycles. The van der Waals surface area contributed by atoms with E-state index in [1.165, 1.54) is 12.1 Å². The van der Waals surface area contributed by atoms with E-state index in [9.17, 15) is 13.2 Å². The fourth-order valence-electron chi connectivity index (χ4n) is 2.21. The van der Waals surface area contributed by atoms with Gasteiger partial charge in [-0.05, 0) is 30.2 Å². The molecular formula is C17H20ClN3O4S. The first-order valence-electron chi connectivity index (χ1n) is 7.34. The minimum Gasteiger partial charge on any atom is -0.488 e. The molecule has 0 fully saturated rings. The Balaban J connectivity index is 0.00000338. The third-order valence-corrected chi connectivity index (χ3v) is 4.51. The van der Waals surface area contributed by atoms with Crippen LogP contribution in [0.5, 0.6) is 5.75 Å². The number of carbonyl (C=O) groups is 1. The largest absolute Gasteiger partial charge is 0.488 e. The van der Waals surface area contributed by atoms with E-state index < -0.39 is 21.7 Å². The molecule has 1 amide bonds. The Labute approximate surface area is 158 Å². The van der Waals surface area contributed by atoms with Gasteiger partial charge >= 0.3 is 0 Å². The lowest BCUT2D eigenvalue weighted by atomic mass is 10.1. The number of carbonyl (C=O) groups excluding carboxylic acids is 1. The number of halogens is 1. The molecule has 0 aromatic heterocycles. The minimum absolute atomic E-state index is 0. The molecule has 7 nitrogen and oxygen atoms in total. The molecule has 0 saturated heterocycles. The van der Waals surface area contributed by atoms with Crippen LogP contribution in [0.4, 0.5) is 0 Å². The number of nitrogens with zero attached hydrogens (tertiary/aromatic N) is 1. The lowest BCUT2D eigenvalue weighted by molar-refractivity contribution is 0.100. The van der Waals surface area contributed by atoms with E-state index in [1.807, 2.05) is 30.3 Å². The van der Waals surface area contributed by atoms with Crippen LogP contribution in [0.15, 0.2) is 52.4 Å². The average molecular weight is 398 g/mol. The Morgan fingerprint density at radius 2 is 1.77 bits per heavy atom. The molecule has 0 radical (unpaired) electrons. The number of hydrogen-bond donors (Lipinski definition) is 2. The molecule has 0 bridgehead atoms. The van der Waals surface area contributed by atoms with Gasteiger partial charge in [0.2, 0.25) is 0 Å². The average Bonchev–Trinajstić information content (AvgIpc) is 2.52. The topological polar surface area (TPSA) is 125 Å². The van der Waals surface area contributed by atoms with Gasteiger partial charge in [-0.3, -0.25) is 4.79 Å². The maximum absolute atomic E-state index is 12.1. The van der Waals surface area contributed by atoms with E-state index in [4.69, 9.17) is 16.2 Å². The number of guanidine groups is 1. The molecule has 2 aromatic rings. The number of aryl methyl sites for hydroxylation is 1. The van der Waals surface area contributed by atoms with Crippen LogP contribution in [0.25, 0.3) is 0 Å². The van der Waals surface area contributed by atoms with E-state index in [-0.39, 0.29) is 35.2 Å². The first-order chi connectivity index (χ1) is 11.7. The quantitative estimate of drug-likeness (QED) is 0.585. The van der Waals surface area contributed by atoms with Crippen LogP contribution < -0.4 is 16.2 Å². The second-order valence-corrected chi connectivity index (χ2v) is 7.49. The molecule has 26 heavy (non-hydrogen) atoms. The van der Waals surface area contributed by atoms with Crippen LogP contribution in [0.1, 0.15) is 21.5 Å². The fraction of sp³-hybridized carbons (Fsp3) is 0.176. The van der Waals surface area contributed by atoms with Gasteiger partial charge in [0.25, 0.3) is 5.91 Å². The monoisotopic (exact) mass is 397 g/mol. The van der Waals surface area contributed by atoms with E-state index in [1.54, 1.807) is 6.92 Å². The maximum atomic E-state index is 12.1. The number of rotatable bonds is 5. The second-order valence-electron chi connectivity index (χ2n) is 5.50. The SMILES string of the molecule is Cc1cc(OCc2ccccc2)c(S(C)(=O)=O)cc1C(=O)N=C(N)N.Cl. The van der Waals surface area contributed by atoms with Crippen molar-refractivity contribution in [1.29, 1.82) is 0 Å². The Kier molecular flexibility index (Phi) is 7.17. The third-order valence-electron chi connectivity index (χ3n) is 3.39. The number of nitrogens with two attached hydrogens (primary N) is 2. The Morgan fingerprint density at radius 3 is 2.31 bits per heavy atom. The first-order valence-corrected chi connectivity index (χ1v) is 9.23. The highest BCUT2D eigenvalue weighted by atomic mass is 35.5. The van der Waals surface area contributed by atoms with Gasteiger partial charge in [0.15, 0.2) is 15.8 Å². The van der Waals surface area contributed by atoms with Crippen LogP contribution in [-0.4, -0.2) is 26.5 Å². The number of ether oxygens (including phenoxy) is 1. The molecule has 2 aromatic carbocycles. The summed E-state index contributed by atoms with van der Waals surface area (Å²) in [7, 11) is -3.63. The van der Waals surface area contributed by atoms with Gasteiger partial charge in [-0.2, -0.15) is 4.99 Å². The predicted octanol–water partition coefficient (Wildman–Crippen LogP) is 1.81. The van der Waals surface area contributed by atoms with Crippen molar-refractivity contribution in [1.82, 2.24) is 0 Å². The smallest absolute Gasteiger partial charge is 0.280 e. The lowest BCUT2D eigenvalue weighted by Gasteiger charge is -2.13. The van der Waals surface area contributed by atoms with Crippen molar-refractivity contribution >= 4 is 34.1 Å². The molecule has 0 aliphatic heterocycles. The summed E-state index contributed by atoms with van der Waals surface area (Å²) in [5.74, 6) is -0.933. The summed E-state index contributed by atoms with van der Waals surface area (Å²) in [4.78, 5) is 15.4. The number of hydrogen-bond acceptors (Lipinski definition) is 4. The fourth-order valence-corrected chi connectivity index (χ4v) is 3.02. The van der Waals surface area contributed by atoms with E-state index in [0.29, 0.717) is 5.56 Å². The predicted molar refractivity (Wildman–Crippen MR) is 102 cm³/mol. The molecule has 0 saturated carbocycles. The molecule has 140 valence electrons. The number of benzene rings is 2. The minimum atomic E-state index is -3.63. The number of amides is 1. The zero-order valence-corrected chi connectivity index (χ0v) is 15.9. The Morgan fingerprint density at radius 1 is 1.15 bits per heavy atom. The third kappa shape index (κ3) is 5.47. The van der Waals surface area contributed by atoms with Crippen molar-refractivity contribution in [3.05, 3.63) is 59.2 Å². The van der Waals surface area contributed by atoms with Gasteiger partial charge in [-0.25, -0.2) is 8.42 Å². The van der Waals surface area contributed by atoms with Crippen molar-refractivity contribution in [2.45, 2.75) is 18.4 Å². The maximum Gasteiger partial charge on any atom is 0.280 e. The second kappa shape index (κ2) is 8.68. The van der Waals surface area contributed by atoms with Gasteiger partial charge in [0, 0.05) is 11.8 Å². The van der Waals surface area contributed by atoms with Gasteiger partial charge in [0.05, 0.1) is 0 Å². The van der Waals surface area contributed by atoms with E-state index >= 15 is 0 Å². The summed E-state index contributed by atoms with van der Waals surface area (Å²) < 4.78 is 29.9. The number of sulfone groups is 1. The molecule has 0 spiro atoms. The van der Waals surface area contributed by atoms with Gasteiger partial charge in [0.1, 0.15) is 17.3 Å². The van der Waals surface area contributed by atoms with Gasteiger partial charge in [-0.15, -0.1) is 12.4 Å². The highest BCUT2D eigenvalue weighted by Crippen LogP contribution is 2.29. The van der Waals surface area contributed by atoms with Crippen molar-refractivity contribution in [3.8, 4) is 5.75 Å². The summed E-state index contributed by atoms with van der Waals surface area (Å²) in [5.41, 5.74) is 11.9. The standard InChI is InChI=1S/C17H19N3O4S.ClH/c1-11-8-14(24-10-12-6-4-3-5-7-12)15(25(2,22)23)9-13(11)16(21)20-17(18)19;/h3-9H,10H2,1-2H3,(H4,18,19,20,21);1H. The molecule has 0 aliphatic rings. The summed E-state index contributed by atoms with van der Waals surface area (Å²) in [6, 6.07) is 12.1. The van der Waals surface area contributed by atoms with E-state index in [0.717, 1.165) is 11.8 Å². The summed E-state index contributed by atoms with van der Waals surface area (Å²) in [5, 5.41) is 0. The molecule has 0 atom stereocenters. The molecule has 0 unspecified atom stereocenters. The Bertz CT molecular complexity index is 925. The molecular weight excluding hydrogens is 378 g/mol. The highest BCUT2D eigenvalue weighted by Gasteiger charge is 2.20. The van der Waals surface area contributed by atoms with E-state index in [2.05, 4.69) is 4.99 Å². The molecule has 2 rings (SSSR count). The van der Waals surface area contributed by atoms with Crippen molar-refractivity contribution in [2.75, 3.05) is 6.26 Å². The summed E-state index contributed by atoms with van der Waals surface area (Å²) >= 11 is 0. The highest BCUT2D eigenvalue weighted by molar-refractivity contribution is 7.90. The van der Waals surface area contributed by atoms with Crippen molar-refractivity contribution in [2.24, 2.45) is 16.5 Å². The number of aliphatic imine (C=N–C) groups is 1. The van der Waals surface area contributed by atoms with Crippen molar-refractivity contribution < 1.29 is 17.9 Å². The van der Waals surface area contributed by atoms with Crippen LogP contribution in [0, 0.1) is 6.92 Å². The summed E-state index contributed by atoms with van der Waals surface area (Å²) in [6.45, 7) is 1.85. The van der Waals surface area contributed by atoms with Gasteiger partial charge in [-0.1, -0.05) is 30.3 Å². The zero-order chi connectivity index (χ0) is 18.6. The van der Waals surface area contributed by atoms with Crippen LogP contribution in [0.3, 0.4) is 0 Å². The molecule has 9 heteroatoms. The Hall–Kier alpha value is -2.58. The lowest BCUT2D eigenvalue weighted by Crippen LogP contribution is -2.24. The van der Waals surface area contributed by atoms with Crippen LogP contribution in [-0.2, 0) is 16.4 Å². The normalized spacial score (nSPS) is 10.5. The molecule has 0 aliphatic carbocycles. The summed E-state index contributed by atoms with van der Waals surface area (Å²) in [6.07, 6.45) is 1.04. The van der Waals surface area contributed by atoms with Crippen molar-refractivity contribution in [3.63, 3.8) is 0 Å². The molecule has 4 N–H and O–H groups in total. The van der Waals surface area contributed by atoms with Gasteiger partial charge < -0.3 is 16.2 Å².